The Bertz CT molecular complexity index is 459. The molecule has 0 fully saturated rings. The summed E-state index contributed by atoms with van der Waals surface area (Å²) in [6.07, 6.45) is 0. The highest BCUT2D eigenvalue weighted by Crippen LogP contribution is 2.27. The first-order chi connectivity index (χ1) is 10.1. The SMILES string of the molecule is CCOc1ccc(CNC(=NC)NCC(C)C)cc1OC. The summed E-state index contributed by atoms with van der Waals surface area (Å²) in [5, 5.41) is 6.57. The van der Waals surface area contributed by atoms with Gasteiger partial charge in [0.2, 0.25) is 0 Å². The van der Waals surface area contributed by atoms with E-state index in [0.29, 0.717) is 19.1 Å². The van der Waals surface area contributed by atoms with Crippen LogP contribution >= 0.6 is 0 Å². The molecule has 0 spiro atoms. The molecule has 0 unspecified atom stereocenters. The van der Waals surface area contributed by atoms with Gasteiger partial charge >= 0.3 is 0 Å². The van der Waals surface area contributed by atoms with Crippen molar-refractivity contribution in [2.75, 3.05) is 27.3 Å². The van der Waals surface area contributed by atoms with Gasteiger partial charge in [-0.1, -0.05) is 19.9 Å². The summed E-state index contributed by atoms with van der Waals surface area (Å²) in [6, 6.07) is 5.94. The molecule has 0 saturated carbocycles. The molecule has 21 heavy (non-hydrogen) atoms. The molecule has 0 aliphatic rings. The number of hydrogen-bond donors (Lipinski definition) is 2. The molecule has 0 saturated heterocycles. The minimum Gasteiger partial charge on any atom is -0.493 e. The summed E-state index contributed by atoms with van der Waals surface area (Å²) in [5.74, 6) is 2.90. The van der Waals surface area contributed by atoms with Crippen molar-refractivity contribution in [1.82, 2.24) is 10.6 Å². The molecule has 2 N–H and O–H groups in total. The molecule has 0 amide bonds. The maximum absolute atomic E-state index is 5.51. The number of ether oxygens (including phenoxy) is 2. The molecule has 0 bridgehead atoms. The zero-order valence-electron chi connectivity index (χ0n) is 13.7. The first kappa shape index (κ1) is 17.1. The minimum absolute atomic E-state index is 0.578. The smallest absolute Gasteiger partial charge is 0.191 e. The van der Waals surface area contributed by atoms with Crippen molar-refractivity contribution in [3.8, 4) is 11.5 Å². The second-order valence-corrected chi connectivity index (χ2v) is 5.12. The fourth-order valence-corrected chi connectivity index (χ4v) is 1.80. The molecule has 5 nitrogen and oxygen atoms in total. The standard InChI is InChI=1S/C16H27N3O2/c1-6-21-14-8-7-13(9-15(14)20-5)11-19-16(17-4)18-10-12(2)3/h7-9,12H,6,10-11H2,1-5H3,(H2,17,18,19). The quantitative estimate of drug-likeness (QED) is 0.599. The summed E-state index contributed by atoms with van der Waals surface area (Å²) in [6.45, 7) is 8.49. The number of aliphatic imine (C=N–C) groups is 1. The second kappa shape index (κ2) is 9.10. The number of nitrogens with zero attached hydrogens (tertiary/aromatic N) is 1. The molecule has 0 atom stereocenters. The van der Waals surface area contributed by atoms with E-state index >= 15 is 0 Å². The summed E-state index contributed by atoms with van der Waals surface area (Å²) in [7, 11) is 3.42. The Hall–Kier alpha value is -1.91. The molecule has 1 aromatic carbocycles. The lowest BCUT2D eigenvalue weighted by atomic mass is 10.2. The van der Waals surface area contributed by atoms with Crippen LogP contribution in [0, 0.1) is 5.92 Å². The van der Waals surface area contributed by atoms with Gasteiger partial charge in [-0.05, 0) is 30.5 Å². The second-order valence-electron chi connectivity index (χ2n) is 5.12. The van der Waals surface area contributed by atoms with E-state index in [1.54, 1.807) is 14.2 Å². The van der Waals surface area contributed by atoms with Gasteiger partial charge in [0.15, 0.2) is 17.5 Å². The fraction of sp³-hybridized carbons (Fsp3) is 0.562. The summed E-state index contributed by atoms with van der Waals surface area (Å²) in [4.78, 5) is 4.20. The number of methoxy groups -OCH3 is 1. The van der Waals surface area contributed by atoms with Gasteiger partial charge in [0.25, 0.3) is 0 Å². The Morgan fingerprint density at radius 3 is 2.57 bits per heavy atom. The summed E-state index contributed by atoms with van der Waals surface area (Å²) in [5.41, 5.74) is 1.11. The van der Waals surface area contributed by atoms with Gasteiger partial charge in [-0.25, -0.2) is 0 Å². The molecular formula is C16H27N3O2. The molecule has 0 aromatic heterocycles. The fourth-order valence-electron chi connectivity index (χ4n) is 1.80. The lowest BCUT2D eigenvalue weighted by Crippen LogP contribution is -2.38. The maximum atomic E-state index is 5.51. The number of benzene rings is 1. The average molecular weight is 293 g/mol. The van der Waals surface area contributed by atoms with E-state index in [-0.39, 0.29) is 0 Å². The van der Waals surface area contributed by atoms with Crippen LogP contribution in [-0.2, 0) is 6.54 Å². The van der Waals surface area contributed by atoms with Crippen LogP contribution in [0.5, 0.6) is 11.5 Å². The zero-order chi connectivity index (χ0) is 15.7. The van der Waals surface area contributed by atoms with Gasteiger partial charge in [-0.2, -0.15) is 0 Å². The van der Waals surface area contributed by atoms with Crippen LogP contribution in [0.1, 0.15) is 26.3 Å². The third-order valence-corrected chi connectivity index (χ3v) is 2.89. The molecule has 5 heteroatoms. The summed E-state index contributed by atoms with van der Waals surface area (Å²) < 4.78 is 10.9. The highest BCUT2D eigenvalue weighted by molar-refractivity contribution is 5.79. The van der Waals surface area contributed by atoms with Crippen LogP contribution in [-0.4, -0.2) is 33.3 Å². The number of hydrogen-bond acceptors (Lipinski definition) is 3. The third-order valence-electron chi connectivity index (χ3n) is 2.89. The highest BCUT2D eigenvalue weighted by atomic mass is 16.5. The Balaban J connectivity index is 2.62. The topological polar surface area (TPSA) is 54.9 Å². The van der Waals surface area contributed by atoms with Gasteiger partial charge < -0.3 is 20.1 Å². The molecule has 1 aromatic rings. The lowest BCUT2D eigenvalue weighted by Gasteiger charge is -2.15. The van der Waals surface area contributed by atoms with Crippen molar-refractivity contribution in [1.29, 1.82) is 0 Å². The van der Waals surface area contributed by atoms with Crippen LogP contribution in [0.15, 0.2) is 23.2 Å². The Morgan fingerprint density at radius 2 is 2.00 bits per heavy atom. The minimum atomic E-state index is 0.578. The first-order valence-electron chi connectivity index (χ1n) is 7.34. The van der Waals surface area contributed by atoms with Crippen molar-refractivity contribution in [3.05, 3.63) is 23.8 Å². The molecular weight excluding hydrogens is 266 g/mol. The summed E-state index contributed by atoms with van der Waals surface area (Å²) >= 11 is 0. The number of guanidine groups is 1. The maximum Gasteiger partial charge on any atom is 0.191 e. The predicted octanol–water partition coefficient (Wildman–Crippen LogP) is 2.41. The van der Waals surface area contributed by atoms with Crippen LogP contribution in [0.25, 0.3) is 0 Å². The monoisotopic (exact) mass is 293 g/mol. The van der Waals surface area contributed by atoms with Crippen LogP contribution < -0.4 is 20.1 Å². The zero-order valence-corrected chi connectivity index (χ0v) is 13.7. The molecule has 0 aliphatic heterocycles. The van der Waals surface area contributed by atoms with E-state index in [4.69, 9.17) is 9.47 Å². The van der Waals surface area contributed by atoms with E-state index < -0.39 is 0 Å². The Morgan fingerprint density at radius 1 is 1.24 bits per heavy atom. The van der Waals surface area contributed by atoms with Crippen molar-refractivity contribution in [3.63, 3.8) is 0 Å². The first-order valence-corrected chi connectivity index (χ1v) is 7.34. The van der Waals surface area contributed by atoms with Gasteiger partial charge in [0, 0.05) is 20.1 Å². The third kappa shape index (κ3) is 5.94. The predicted molar refractivity (Wildman–Crippen MR) is 87.2 cm³/mol. The van der Waals surface area contributed by atoms with E-state index in [0.717, 1.165) is 29.6 Å². The van der Waals surface area contributed by atoms with E-state index in [1.807, 2.05) is 25.1 Å². The van der Waals surface area contributed by atoms with Crippen molar-refractivity contribution < 1.29 is 9.47 Å². The lowest BCUT2D eigenvalue weighted by molar-refractivity contribution is 0.310. The molecule has 0 radical (unpaired) electrons. The van der Waals surface area contributed by atoms with Crippen LogP contribution in [0.3, 0.4) is 0 Å². The Labute approximate surface area is 127 Å². The van der Waals surface area contributed by atoms with E-state index in [9.17, 15) is 0 Å². The molecule has 0 aliphatic carbocycles. The van der Waals surface area contributed by atoms with Gasteiger partial charge in [-0.3, -0.25) is 4.99 Å². The Kier molecular flexibility index (Phi) is 7.43. The van der Waals surface area contributed by atoms with E-state index in [2.05, 4.69) is 29.5 Å². The van der Waals surface area contributed by atoms with Crippen molar-refractivity contribution >= 4 is 5.96 Å². The largest absolute Gasteiger partial charge is 0.493 e. The van der Waals surface area contributed by atoms with Gasteiger partial charge in [0.05, 0.1) is 13.7 Å². The van der Waals surface area contributed by atoms with Crippen LogP contribution in [0.2, 0.25) is 0 Å². The van der Waals surface area contributed by atoms with Crippen LogP contribution in [0.4, 0.5) is 0 Å². The molecule has 118 valence electrons. The highest BCUT2D eigenvalue weighted by Gasteiger charge is 2.06. The van der Waals surface area contributed by atoms with Gasteiger partial charge in [0.1, 0.15) is 0 Å². The number of rotatable bonds is 7. The average Bonchev–Trinajstić information content (AvgIpc) is 2.48. The van der Waals surface area contributed by atoms with Crippen molar-refractivity contribution in [2.45, 2.75) is 27.3 Å². The molecule has 0 heterocycles. The normalized spacial score (nSPS) is 11.4. The molecule has 1 rings (SSSR count). The number of nitrogens with one attached hydrogen (secondary N) is 2. The van der Waals surface area contributed by atoms with E-state index in [1.165, 1.54) is 0 Å². The van der Waals surface area contributed by atoms with Gasteiger partial charge in [-0.15, -0.1) is 0 Å². The van der Waals surface area contributed by atoms with Crippen molar-refractivity contribution in [2.24, 2.45) is 10.9 Å².